The molecule has 6 nitrogen and oxygen atoms in total. The molecule has 1 N–H and O–H groups in total. The summed E-state index contributed by atoms with van der Waals surface area (Å²) in [5.74, 6) is 0.274. The second-order valence-corrected chi connectivity index (χ2v) is 5.76. The van der Waals surface area contributed by atoms with Crippen LogP contribution in [0.3, 0.4) is 0 Å². The van der Waals surface area contributed by atoms with E-state index in [2.05, 4.69) is 5.32 Å². The molecule has 0 radical (unpaired) electrons. The van der Waals surface area contributed by atoms with Crippen LogP contribution in [0.5, 0.6) is 11.5 Å². The van der Waals surface area contributed by atoms with Crippen molar-refractivity contribution < 1.29 is 23.8 Å². The number of amides is 1. The molecular weight excluding hydrogens is 334 g/mol. The molecule has 1 aromatic carbocycles. The summed E-state index contributed by atoms with van der Waals surface area (Å²) in [6.45, 7) is 4.24. The number of hydrogen-bond donors (Lipinski definition) is 1. The van der Waals surface area contributed by atoms with E-state index in [9.17, 15) is 9.59 Å². The zero-order valence-electron chi connectivity index (χ0n) is 14.2. The summed E-state index contributed by atoms with van der Waals surface area (Å²) in [7, 11) is 2.97. The van der Waals surface area contributed by atoms with Gasteiger partial charge in [-0.3, -0.25) is 4.79 Å². The number of nitrogens with one attached hydrogen (secondary N) is 1. The van der Waals surface area contributed by atoms with Crippen molar-refractivity contribution in [2.45, 2.75) is 13.8 Å². The van der Waals surface area contributed by atoms with Gasteiger partial charge in [-0.25, -0.2) is 4.79 Å². The third-order valence-electron chi connectivity index (χ3n) is 2.85. The van der Waals surface area contributed by atoms with Gasteiger partial charge in [-0.15, -0.1) is 0 Å². The highest BCUT2D eigenvalue weighted by Gasteiger charge is 2.12. The fraction of sp³-hybridized carbons (Fsp3) is 0.412. The van der Waals surface area contributed by atoms with Crippen LogP contribution in [-0.2, 0) is 14.3 Å². The largest absolute Gasteiger partial charge is 0.493 e. The summed E-state index contributed by atoms with van der Waals surface area (Å²) < 4.78 is 15.7. The molecule has 1 aromatic rings. The normalized spacial score (nSPS) is 10.8. The van der Waals surface area contributed by atoms with E-state index < -0.39 is 5.97 Å². The van der Waals surface area contributed by atoms with Gasteiger partial charge in [0.05, 0.1) is 18.7 Å². The fourth-order valence-electron chi connectivity index (χ4n) is 1.65. The van der Waals surface area contributed by atoms with Crippen molar-refractivity contribution in [3.8, 4) is 11.5 Å². The maximum absolute atomic E-state index is 11.5. The first-order valence-corrected chi connectivity index (χ1v) is 7.81. The van der Waals surface area contributed by atoms with Crippen molar-refractivity contribution in [2.24, 2.45) is 5.92 Å². The fourth-order valence-corrected chi connectivity index (χ4v) is 1.92. The molecule has 1 rings (SSSR count). The molecule has 7 heteroatoms. The Morgan fingerprint density at radius 2 is 2.04 bits per heavy atom. The minimum Gasteiger partial charge on any atom is -0.493 e. The van der Waals surface area contributed by atoms with Crippen molar-refractivity contribution in [1.82, 2.24) is 5.32 Å². The van der Waals surface area contributed by atoms with Crippen LogP contribution in [0.2, 0.25) is 5.02 Å². The maximum atomic E-state index is 11.5. The lowest BCUT2D eigenvalue weighted by molar-refractivity contribution is -0.143. The first-order valence-electron chi connectivity index (χ1n) is 7.43. The number of hydrogen-bond acceptors (Lipinski definition) is 5. The number of carbonyl (C=O) groups is 2. The van der Waals surface area contributed by atoms with Crippen LogP contribution in [-0.4, -0.2) is 39.2 Å². The number of carbonyl (C=O) groups excluding carboxylic acids is 2. The summed E-state index contributed by atoms with van der Waals surface area (Å²) in [6, 6.07) is 3.35. The number of esters is 1. The van der Waals surface area contributed by atoms with E-state index >= 15 is 0 Å². The standard InChI is InChI=1S/C17H22ClNO5/c1-11(2)9-24-17-13(18)7-12(8-14(17)22-4)5-6-16(21)23-10-15(20)19-3/h5-8,11H,9-10H2,1-4H3,(H,19,20)/b6-5+. The zero-order chi connectivity index (χ0) is 18.1. The number of benzene rings is 1. The molecule has 0 saturated carbocycles. The first-order chi connectivity index (χ1) is 11.4. The van der Waals surface area contributed by atoms with Gasteiger partial charge in [0.1, 0.15) is 0 Å². The van der Waals surface area contributed by atoms with Crippen LogP contribution in [0.1, 0.15) is 19.4 Å². The monoisotopic (exact) mass is 355 g/mol. The van der Waals surface area contributed by atoms with Crippen LogP contribution < -0.4 is 14.8 Å². The molecule has 0 heterocycles. The Balaban J connectivity index is 2.82. The molecule has 0 aliphatic carbocycles. The summed E-state index contributed by atoms with van der Waals surface area (Å²) in [5, 5.41) is 2.74. The molecule has 0 aliphatic heterocycles. The summed E-state index contributed by atoms with van der Waals surface area (Å²) >= 11 is 6.23. The first kappa shape index (κ1) is 19.8. The van der Waals surface area contributed by atoms with E-state index in [0.29, 0.717) is 34.6 Å². The van der Waals surface area contributed by atoms with Crippen molar-refractivity contribution in [3.05, 3.63) is 28.8 Å². The van der Waals surface area contributed by atoms with Crippen molar-refractivity contribution in [3.63, 3.8) is 0 Å². The number of ether oxygens (including phenoxy) is 3. The minimum atomic E-state index is -0.631. The lowest BCUT2D eigenvalue weighted by atomic mass is 10.2. The molecule has 24 heavy (non-hydrogen) atoms. The Bertz CT molecular complexity index is 613. The van der Waals surface area contributed by atoms with E-state index in [0.717, 1.165) is 0 Å². The van der Waals surface area contributed by atoms with Crippen molar-refractivity contribution in [1.29, 1.82) is 0 Å². The van der Waals surface area contributed by atoms with Gasteiger partial charge in [0, 0.05) is 13.1 Å². The average molecular weight is 356 g/mol. The zero-order valence-corrected chi connectivity index (χ0v) is 15.0. The SMILES string of the molecule is CNC(=O)COC(=O)/C=C/c1cc(Cl)c(OCC(C)C)c(OC)c1. The molecule has 0 aromatic heterocycles. The van der Waals surface area contributed by atoms with Crippen molar-refractivity contribution >= 4 is 29.6 Å². The second-order valence-electron chi connectivity index (χ2n) is 5.35. The van der Waals surface area contributed by atoms with Gasteiger partial charge in [-0.05, 0) is 29.7 Å². The molecule has 0 atom stereocenters. The predicted octanol–water partition coefficient (Wildman–Crippen LogP) is 2.69. The van der Waals surface area contributed by atoms with Crippen LogP contribution in [0.15, 0.2) is 18.2 Å². The molecular formula is C17H22ClNO5. The Hall–Kier alpha value is -2.21. The second kappa shape index (κ2) is 9.82. The number of rotatable bonds is 8. The Kier molecular flexibility index (Phi) is 8.12. The highest BCUT2D eigenvalue weighted by molar-refractivity contribution is 6.32. The summed E-state index contributed by atoms with van der Waals surface area (Å²) in [4.78, 5) is 22.5. The lowest BCUT2D eigenvalue weighted by Gasteiger charge is -2.14. The smallest absolute Gasteiger partial charge is 0.331 e. The number of likely N-dealkylation sites (N-methyl/N-ethyl adjacent to an activating group) is 1. The molecule has 0 saturated heterocycles. The van der Waals surface area contributed by atoms with Gasteiger partial charge in [0.15, 0.2) is 18.1 Å². The van der Waals surface area contributed by atoms with Crippen LogP contribution in [0.25, 0.3) is 6.08 Å². The molecule has 0 fully saturated rings. The maximum Gasteiger partial charge on any atom is 0.331 e. The van der Waals surface area contributed by atoms with Gasteiger partial charge in [0.2, 0.25) is 0 Å². The van der Waals surface area contributed by atoms with E-state index in [1.807, 2.05) is 13.8 Å². The van der Waals surface area contributed by atoms with Gasteiger partial charge < -0.3 is 19.5 Å². The highest BCUT2D eigenvalue weighted by Crippen LogP contribution is 2.37. The van der Waals surface area contributed by atoms with E-state index in [1.54, 1.807) is 12.1 Å². The predicted molar refractivity (Wildman–Crippen MR) is 92.4 cm³/mol. The third kappa shape index (κ3) is 6.50. The van der Waals surface area contributed by atoms with Gasteiger partial charge in [-0.1, -0.05) is 25.4 Å². The van der Waals surface area contributed by atoms with Crippen LogP contribution >= 0.6 is 11.6 Å². The third-order valence-corrected chi connectivity index (χ3v) is 3.13. The topological polar surface area (TPSA) is 73.9 Å². The highest BCUT2D eigenvalue weighted by atomic mass is 35.5. The molecule has 132 valence electrons. The molecule has 0 bridgehead atoms. The van der Waals surface area contributed by atoms with Gasteiger partial charge in [0.25, 0.3) is 5.91 Å². The number of halogens is 1. The number of methoxy groups -OCH3 is 1. The molecule has 0 unspecified atom stereocenters. The Labute approximate surface area is 146 Å². The molecule has 1 amide bonds. The quantitative estimate of drug-likeness (QED) is 0.573. The van der Waals surface area contributed by atoms with E-state index in [4.69, 9.17) is 25.8 Å². The van der Waals surface area contributed by atoms with Crippen molar-refractivity contribution in [2.75, 3.05) is 27.4 Å². The van der Waals surface area contributed by atoms with Gasteiger partial charge in [-0.2, -0.15) is 0 Å². The molecule has 0 aliphatic rings. The van der Waals surface area contributed by atoms with Gasteiger partial charge >= 0.3 is 5.97 Å². The Morgan fingerprint density at radius 3 is 2.62 bits per heavy atom. The minimum absolute atomic E-state index is 0.328. The Morgan fingerprint density at radius 1 is 1.33 bits per heavy atom. The molecule has 0 spiro atoms. The summed E-state index contributed by atoms with van der Waals surface area (Å²) in [6.07, 6.45) is 2.73. The van der Waals surface area contributed by atoms with Crippen LogP contribution in [0.4, 0.5) is 0 Å². The van der Waals surface area contributed by atoms with E-state index in [1.165, 1.54) is 26.3 Å². The lowest BCUT2D eigenvalue weighted by Crippen LogP contribution is -2.24. The van der Waals surface area contributed by atoms with Crippen LogP contribution in [0, 0.1) is 5.92 Å². The summed E-state index contributed by atoms with van der Waals surface area (Å²) in [5.41, 5.74) is 0.644. The van der Waals surface area contributed by atoms with E-state index in [-0.39, 0.29) is 12.5 Å². The average Bonchev–Trinajstić information content (AvgIpc) is 2.55.